The highest BCUT2D eigenvalue weighted by molar-refractivity contribution is 7.80. The van der Waals surface area contributed by atoms with Gasteiger partial charge in [-0.15, -0.1) is 0 Å². The molecule has 0 fully saturated rings. The van der Waals surface area contributed by atoms with Crippen LogP contribution in [0.25, 0.3) is 0 Å². The first kappa shape index (κ1) is 21.2. The summed E-state index contributed by atoms with van der Waals surface area (Å²) in [5.74, 6) is 1.24. The fourth-order valence-corrected chi connectivity index (χ4v) is 3.36. The van der Waals surface area contributed by atoms with E-state index in [0.29, 0.717) is 34.7 Å². The third-order valence-electron chi connectivity index (χ3n) is 4.66. The van der Waals surface area contributed by atoms with Gasteiger partial charge in [-0.3, -0.25) is 0 Å². The summed E-state index contributed by atoms with van der Waals surface area (Å²) >= 11 is 11.9. The highest BCUT2D eigenvalue weighted by Crippen LogP contribution is 2.32. The Morgan fingerprint density at radius 1 is 0.966 bits per heavy atom. The lowest BCUT2D eigenvalue weighted by Crippen LogP contribution is -2.22. The molecule has 0 aliphatic rings. The average Bonchev–Trinajstić information content (AvgIpc) is 2.77. The van der Waals surface area contributed by atoms with Crippen LogP contribution in [0.15, 0.2) is 66.7 Å². The van der Waals surface area contributed by atoms with Gasteiger partial charge in [0.25, 0.3) is 0 Å². The molecule has 3 nitrogen and oxygen atoms in total. The van der Waals surface area contributed by atoms with Gasteiger partial charge in [0, 0.05) is 17.1 Å². The molecule has 0 unspecified atom stereocenters. The maximum atomic E-state index is 6.26. The minimum Gasteiger partial charge on any atom is -0.493 e. The van der Waals surface area contributed by atoms with Crippen molar-refractivity contribution in [2.24, 2.45) is 0 Å². The number of ether oxygens (including phenoxy) is 2. The standard InChI is InChI=1S/C24H24ClNO2S/c1-3-17-11-13-18(14-12-17)15-26-24(29)20-8-6-10-22(27-2)23(20)28-16-19-7-4-5-9-21(19)25/h4-14H,3,15-16H2,1-2H3,(H,26,29). The number of hydrogen-bond acceptors (Lipinski definition) is 3. The quantitative estimate of drug-likeness (QED) is 0.451. The second-order valence-corrected chi connectivity index (χ2v) is 7.39. The zero-order valence-electron chi connectivity index (χ0n) is 16.6. The lowest BCUT2D eigenvalue weighted by atomic mass is 10.1. The van der Waals surface area contributed by atoms with E-state index in [4.69, 9.17) is 33.3 Å². The molecule has 0 saturated heterocycles. The third kappa shape index (κ3) is 5.49. The van der Waals surface area contributed by atoms with Gasteiger partial charge in [0.1, 0.15) is 11.6 Å². The van der Waals surface area contributed by atoms with Crippen LogP contribution < -0.4 is 14.8 Å². The Labute approximate surface area is 182 Å². The number of halogens is 1. The summed E-state index contributed by atoms with van der Waals surface area (Å²) in [6.45, 7) is 3.12. The van der Waals surface area contributed by atoms with Gasteiger partial charge >= 0.3 is 0 Å². The normalized spacial score (nSPS) is 10.4. The van der Waals surface area contributed by atoms with E-state index in [2.05, 4.69) is 36.5 Å². The van der Waals surface area contributed by atoms with Crippen molar-refractivity contribution in [2.45, 2.75) is 26.5 Å². The topological polar surface area (TPSA) is 30.5 Å². The molecule has 0 bridgehead atoms. The summed E-state index contributed by atoms with van der Waals surface area (Å²) in [6.07, 6.45) is 1.03. The Morgan fingerprint density at radius 3 is 2.38 bits per heavy atom. The van der Waals surface area contributed by atoms with Gasteiger partial charge in [-0.1, -0.05) is 79.3 Å². The van der Waals surface area contributed by atoms with Gasteiger partial charge < -0.3 is 14.8 Å². The zero-order chi connectivity index (χ0) is 20.6. The first-order chi connectivity index (χ1) is 14.1. The lowest BCUT2D eigenvalue weighted by Gasteiger charge is -2.17. The second kappa shape index (κ2) is 10.3. The number of thiocarbonyl (C=S) groups is 1. The van der Waals surface area contributed by atoms with Gasteiger partial charge in [-0.2, -0.15) is 0 Å². The minimum atomic E-state index is 0.328. The molecule has 0 heterocycles. The number of benzene rings is 3. The summed E-state index contributed by atoms with van der Waals surface area (Å²) in [6, 6.07) is 21.8. The van der Waals surface area contributed by atoms with Crippen LogP contribution in [-0.2, 0) is 19.6 Å². The van der Waals surface area contributed by atoms with E-state index >= 15 is 0 Å². The molecule has 1 N–H and O–H groups in total. The number of methoxy groups -OCH3 is 1. The SMILES string of the molecule is CCc1ccc(CNC(=S)c2cccc(OC)c2OCc2ccccc2Cl)cc1. The van der Waals surface area contributed by atoms with Crippen molar-refractivity contribution in [3.63, 3.8) is 0 Å². The van der Waals surface area contributed by atoms with Crippen LogP contribution in [0.4, 0.5) is 0 Å². The fraction of sp³-hybridized carbons (Fsp3) is 0.208. The van der Waals surface area contributed by atoms with Gasteiger partial charge in [-0.05, 0) is 35.7 Å². The molecule has 3 aromatic carbocycles. The summed E-state index contributed by atoms with van der Waals surface area (Å²) in [4.78, 5) is 0.609. The zero-order valence-corrected chi connectivity index (χ0v) is 18.1. The largest absolute Gasteiger partial charge is 0.493 e. The molecule has 29 heavy (non-hydrogen) atoms. The van der Waals surface area contributed by atoms with Crippen LogP contribution in [0.5, 0.6) is 11.5 Å². The van der Waals surface area contributed by atoms with Crippen molar-refractivity contribution < 1.29 is 9.47 Å². The molecule has 0 saturated carbocycles. The minimum absolute atomic E-state index is 0.328. The Balaban J connectivity index is 1.75. The molecule has 3 aromatic rings. The summed E-state index contributed by atoms with van der Waals surface area (Å²) in [5, 5.41) is 3.99. The predicted molar refractivity (Wildman–Crippen MR) is 123 cm³/mol. The highest BCUT2D eigenvalue weighted by atomic mass is 35.5. The lowest BCUT2D eigenvalue weighted by molar-refractivity contribution is 0.284. The van der Waals surface area contributed by atoms with Crippen molar-refractivity contribution in [1.29, 1.82) is 0 Å². The molecule has 150 valence electrons. The maximum absolute atomic E-state index is 6.26. The number of aryl methyl sites for hydroxylation is 1. The van der Waals surface area contributed by atoms with Crippen molar-refractivity contribution in [2.75, 3.05) is 7.11 Å². The van der Waals surface area contributed by atoms with Crippen LogP contribution >= 0.6 is 23.8 Å². The van der Waals surface area contributed by atoms with E-state index in [1.165, 1.54) is 11.1 Å². The van der Waals surface area contributed by atoms with E-state index in [-0.39, 0.29) is 0 Å². The number of para-hydroxylation sites is 1. The van der Waals surface area contributed by atoms with Gasteiger partial charge in [-0.25, -0.2) is 0 Å². The van der Waals surface area contributed by atoms with Gasteiger partial charge in [0.2, 0.25) is 0 Å². The monoisotopic (exact) mass is 425 g/mol. The molecule has 5 heteroatoms. The Hall–Kier alpha value is -2.56. The first-order valence-corrected chi connectivity index (χ1v) is 10.3. The van der Waals surface area contributed by atoms with E-state index < -0.39 is 0 Å². The van der Waals surface area contributed by atoms with E-state index in [1.807, 2.05) is 42.5 Å². The first-order valence-electron chi connectivity index (χ1n) is 9.51. The van der Waals surface area contributed by atoms with Crippen LogP contribution in [-0.4, -0.2) is 12.1 Å². The van der Waals surface area contributed by atoms with Crippen molar-refractivity contribution >= 4 is 28.8 Å². The molecular formula is C24H24ClNO2S. The maximum Gasteiger partial charge on any atom is 0.171 e. The fourth-order valence-electron chi connectivity index (χ4n) is 2.94. The van der Waals surface area contributed by atoms with E-state index in [1.54, 1.807) is 7.11 Å². The number of hydrogen-bond donors (Lipinski definition) is 1. The second-order valence-electron chi connectivity index (χ2n) is 6.57. The predicted octanol–water partition coefficient (Wildman–Crippen LogP) is 5.96. The molecule has 0 radical (unpaired) electrons. The van der Waals surface area contributed by atoms with Crippen molar-refractivity contribution in [1.82, 2.24) is 5.32 Å². The highest BCUT2D eigenvalue weighted by Gasteiger charge is 2.15. The van der Waals surface area contributed by atoms with Gasteiger partial charge in [0.05, 0.1) is 12.7 Å². The number of nitrogens with one attached hydrogen (secondary N) is 1. The number of rotatable bonds is 8. The summed E-state index contributed by atoms with van der Waals surface area (Å²) < 4.78 is 11.6. The molecule has 0 spiro atoms. The molecule has 0 aliphatic heterocycles. The molecular weight excluding hydrogens is 402 g/mol. The third-order valence-corrected chi connectivity index (χ3v) is 5.39. The molecule has 0 aliphatic carbocycles. The molecule has 0 aromatic heterocycles. The van der Waals surface area contributed by atoms with E-state index in [9.17, 15) is 0 Å². The summed E-state index contributed by atoms with van der Waals surface area (Å²) in [7, 11) is 1.62. The molecule has 0 atom stereocenters. The van der Waals surface area contributed by atoms with Crippen LogP contribution in [0.3, 0.4) is 0 Å². The van der Waals surface area contributed by atoms with E-state index in [0.717, 1.165) is 17.5 Å². The van der Waals surface area contributed by atoms with Gasteiger partial charge in [0.15, 0.2) is 11.5 Å². The van der Waals surface area contributed by atoms with Crippen molar-refractivity contribution in [3.05, 3.63) is 94.0 Å². The summed E-state index contributed by atoms with van der Waals surface area (Å²) in [5.41, 5.74) is 4.18. The van der Waals surface area contributed by atoms with Crippen molar-refractivity contribution in [3.8, 4) is 11.5 Å². The average molecular weight is 426 g/mol. The molecule has 3 rings (SSSR count). The smallest absolute Gasteiger partial charge is 0.171 e. The van der Waals surface area contributed by atoms with Crippen LogP contribution in [0, 0.1) is 0 Å². The van der Waals surface area contributed by atoms with Crippen LogP contribution in [0.1, 0.15) is 29.2 Å². The van der Waals surface area contributed by atoms with Crippen LogP contribution in [0.2, 0.25) is 5.02 Å². The Bertz CT molecular complexity index is 973. The Morgan fingerprint density at radius 2 is 1.69 bits per heavy atom. The molecule has 0 amide bonds. The Kier molecular flexibility index (Phi) is 7.50.